The van der Waals surface area contributed by atoms with Gasteiger partial charge >= 0.3 is 0 Å². The van der Waals surface area contributed by atoms with Gasteiger partial charge in [-0.25, -0.2) is 0 Å². The predicted octanol–water partition coefficient (Wildman–Crippen LogP) is 0.581. The Labute approximate surface area is 63.2 Å². The highest BCUT2D eigenvalue weighted by Crippen LogP contribution is 2.32. The summed E-state index contributed by atoms with van der Waals surface area (Å²) < 4.78 is 0. The number of hydrogen-bond donors (Lipinski definition) is 2. The minimum absolute atomic E-state index is 0.403. The maximum Gasteiger partial charge on any atom is 0.00228 e. The van der Waals surface area contributed by atoms with E-state index in [1.165, 1.54) is 6.42 Å². The van der Waals surface area contributed by atoms with Crippen LogP contribution < -0.4 is 11.1 Å². The van der Waals surface area contributed by atoms with Gasteiger partial charge in [0.1, 0.15) is 0 Å². The molecule has 1 aliphatic heterocycles. The molecule has 3 N–H and O–H groups in total. The molecule has 2 nitrogen and oxygen atoms in total. The van der Waals surface area contributed by atoms with E-state index in [-0.39, 0.29) is 0 Å². The summed E-state index contributed by atoms with van der Waals surface area (Å²) in [6.45, 7) is 7.62. The molecule has 1 atom stereocenters. The summed E-state index contributed by atoms with van der Waals surface area (Å²) >= 11 is 0. The van der Waals surface area contributed by atoms with E-state index < -0.39 is 0 Å². The molecule has 1 saturated heterocycles. The van der Waals surface area contributed by atoms with Crippen molar-refractivity contribution in [3.63, 3.8) is 0 Å². The minimum Gasteiger partial charge on any atom is -0.330 e. The van der Waals surface area contributed by atoms with Crippen LogP contribution in [0.5, 0.6) is 0 Å². The summed E-state index contributed by atoms with van der Waals surface area (Å²) in [6.07, 6.45) is 1.25. The first-order valence-corrected chi connectivity index (χ1v) is 4.12. The molecule has 0 aliphatic carbocycles. The largest absolute Gasteiger partial charge is 0.330 e. The van der Waals surface area contributed by atoms with Crippen LogP contribution in [-0.4, -0.2) is 19.6 Å². The number of nitrogens with one attached hydrogen (secondary N) is 1. The third-order valence-corrected chi connectivity index (χ3v) is 2.91. The number of rotatable bonds is 2. The van der Waals surface area contributed by atoms with E-state index in [1.807, 2.05) is 0 Å². The van der Waals surface area contributed by atoms with Gasteiger partial charge in [0.2, 0.25) is 0 Å². The molecule has 2 heteroatoms. The van der Waals surface area contributed by atoms with Crippen molar-refractivity contribution in [2.45, 2.75) is 20.3 Å². The van der Waals surface area contributed by atoms with E-state index in [2.05, 4.69) is 19.2 Å². The maximum absolute atomic E-state index is 5.73. The average Bonchev–Trinajstić information content (AvgIpc) is 2.35. The fourth-order valence-electron chi connectivity index (χ4n) is 1.67. The fourth-order valence-corrected chi connectivity index (χ4v) is 1.67. The lowest BCUT2D eigenvalue weighted by Crippen LogP contribution is -2.37. The molecule has 60 valence electrons. The predicted molar refractivity (Wildman–Crippen MR) is 43.8 cm³/mol. The van der Waals surface area contributed by atoms with E-state index in [4.69, 9.17) is 5.73 Å². The topological polar surface area (TPSA) is 38.0 Å². The second kappa shape index (κ2) is 2.89. The minimum atomic E-state index is 0.403. The van der Waals surface area contributed by atoms with E-state index in [1.54, 1.807) is 0 Å². The second-order valence-corrected chi connectivity index (χ2v) is 3.65. The molecule has 0 bridgehead atoms. The summed E-state index contributed by atoms with van der Waals surface area (Å²) in [4.78, 5) is 0. The van der Waals surface area contributed by atoms with Crippen molar-refractivity contribution in [2.24, 2.45) is 17.1 Å². The van der Waals surface area contributed by atoms with Crippen molar-refractivity contribution in [1.82, 2.24) is 5.32 Å². The molecule has 1 unspecified atom stereocenters. The summed E-state index contributed by atoms with van der Waals surface area (Å²) in [6, 6.07) is 0. The second-order valence-electron chi connectivity index (χ2n) is 3.65. The van der Waals surface area contributed by atoms with Gasteiger partial charge < -0.3 is 11.1 Å². The quantitative estimate of drug-likeness (QED) is 0.592. The van der Waals surface area contributed by atoms with Crippen LogP contribution in [0.1, 0.15) is 20.3 Å². The number of nitrogens with two attached hydrogens (primary N) is 1. The Morgan fingerprint density at radius 1 is 1.60 bits per heavy atom. The Morgan fingerprint density at radius 2 is 2.30 bits per heavy atom. The van der Waals surface area contributed by atoms with E-state index in [0.717, 1.165) is 19.6 Å². The lowest BCUT2D eigenvalue weighted by atomic mass is 9.77. The molecule has 1 aliphatic rings. The maximum atomic E-state index is 5.73. The van der Waals surface area contributed by atoms with Crippen molar-refractivity contribution < 1.29 is 0 Å². The van der Waals surface area contributed by atoms with Gasteiger partial charge in [0, 0.05) is 6.54 Å². The standard InChI is InChI=1S/C8H18N2/c1-7(2)8(5-9)3-4-10-6-8/h7,10H,3-6,9H2,1-2H3. The van der Waals surface area contributed by atoms with Crippen LogP contribution in [0.4, 0.5) is 0 Å². The lowest BCUT2D eigenvalue weighted by Gasteiger charge is -2.30. The van der Waals surface area contributed by atoms with Crippen molar-refractivity contribution in [3.05, 3.63) is 0 Å². The third kappa shape index (κ3) is 1.18. The van der Waals surface area contributed by atoms with E-state index >= 15 is 0 Å². The molecule has 1 heterocycles. The first-order valence-electron chi connectivity index (χ1n) is 4.12. The highest BCUT2D eigenvalue weighted by atomic mass is 14.9. The van der Waals surface area contributed by atoms with Gasteiger partial charge in [0.15, 0.2) is 0 Å². The molecular weight excluding hydrogens is 124 g/mol. The van der Waals surface area contributed by atoms with Crippen LogP contribution in [0.25, 0.3) is 0 Å². The summed E-state index contributed by atoms with van der Waals surface area (Å²) in [5.41, 5.74) is 6.13. The van der Waals surface area contributed by atoms with Crippen molar-refractivity contribution in [1.29, 1.82) is 0 Å². The molecule has 0 aromatic carbocycles. The SMILES string of the molecule is CC(C)C1(CN)CCNC1. The molecular formula is C8H18N2. The van der Waals surface area contributed by atoms with Crippen molar-refractivity contribution >= 4 is 0 Å². The van der Waals surface area contributed by atoms with E-state index in [9.17, 15) is 0 Å². The van der Waals surface area contributed by atoms with Crippen LogP contribution in [0, 0.1) is 11.3 Å². The Kier molecular flexibility index (Phi) is 2.32. The van der Waals surface area contributed by atoms with Gasteiger partial charge in [-0.2, -0.15) is 0 Å². The molecule has 0 aromatic rings. The summed E-state index contributed by atoms with van der Waals surface area (Å²) in [5.74, 6) is 0.715. The Bertz CT molecular complexity index is 104. The third-order valence-electron chi connectivity index (χ3n) is 2.91. The zero-order valence-corrected chi connectivity index (χ0v) is 6.98. The van der Waals surface area contributed by atoms with Crippen LogP contribution >= 0.6 is 0 Å². The molecule has 10 heavy (non-hydrogen) atoms. The Balaban J connectivity index is 2.58. The Hall–Kier alpha value is -0.0800. The lowest BCUT2D eigenvalue weighted by molar-refractivity contribution is 0.229. The van der Waals surface area contributed by atoms with Crippen molar-refractivity contribution in [3.8, 4) is 0 Å². The fraction of sp³-hybridized carbons (Fsp3) is 1.00. The molecule has 1 rings (SSSR count). The number of hydrogen-bond acceptors (Lipinski definition) is 2. The van der Waals surface area contributed by atoms with Gasteiger partial charge in [0.05, 0.1) is 0 Å². The first kappa shape index (κ1) is 8.02. The van der Waals surface area contributed by atoms with Gasteiger partial charge in [-0.05, 0) is 30.8 Å². The van der Waals surface area contributed by atoms with Gasteiger partial charge in [-0.1, -0.05) is 13.8 Å². The highest BCUT2D eigenvalue weighted by Gasteiger charge is 2.35. The van der Waals surface area contributed by atoms with Gasteiger partial charge in [0.25, 0.3) is 0 Å². The van der Waals surface area contributed by atoms with Gasteiger partial charge in [-0.3, -0.25) is 0 Å². The summed E-state index contributed by atoms with van der Waals surface area (Å²) in [7, 11) is 0. The van der Waals surface area contributed by atoms with E-state index in [0.29, 0.717) is 11.3 Å². The average molecular weight is 142 g/mol. The zero-order valence-electron chi connectivity index (χ0n) is 6.98. The normalized spacial score (nSPS) is 33.6. The molecule has 0 radical (unpaired) electrons. The first-order chi connectivity index (χ1) is 4.71. The summed E-state index contributed by atoms with van der Waals surface area (Å²) in [5, 5.41) is 3.37. The van der Waals surface area contributed by atoms with Gasteiger partial charge in [-0.15, -0.1) is 0 Å². The molecule has 0 aromatic heterocycles. The zero-order chi connectivity index (χ0) is 7.61. The Morgan fingerprint density at radius 3 is 2.50 bits per heavy atom. The van der Waals surface area contributed by atoms with Crippen LogP contribution in [0.3, 0.4) is 0 Å². The van der Waals surface area contributed by atoms with Crippen LogP contribution in [0.2, 0.25) is 0 Å². The molecule has 0 spiro atoms. The van der Waals surface area contributed by atoms with Crippen LogP contribution in [-0.2, 0) is 0 Å². The smallest absolute Gasteiger partial charge is 0.00228 e. The molecule has 0 amide bonds. The monoisotopic (exact) mass is 142 g/mol. The molecule has 0 saturated carbocycles. The molecule has 1 fully saturated rings. The highest BCUT2D eigenvalue weighted by molar-refractivity contribution is 4.90. The van der Waals surface area contributed by atoms with Crippen molar-refractivity contribution in [2.75, 3.05) is 19.6 Å². The van der Waals surface area contributed by atoms with Crippen LogP contribution in [0.15, 0.2) is 0 Å².